The van der Waals surface area contributed by atoms with E-state index in [1.807, 2.05) is 34.1 Å². The average Bonchev–Trinajstić information content (AvgIpc) is 3.30. The number of rotatable bonds is 2. The van der Waals surface area contributed by atoms with Crippen LogP contribution >= 0.6 is 0 Å². The summed E-state index contributed by atoms with van der Waals surface area (Å²) in [6.45, 7) is 2.90. The van der Waals surface area contributed by atoms with Gasteiger partial charge in [0.05, 0.1) is 17.0 Å². The van der Waals surface area contributed by atoms with E-state index in [9.17, 15) is 9.59 Å². The minimum absolute atomic E-state index is 0.0713. The van der Waals surface area contributed by atoms with Crippen molar-refractivity contribution in [3.63, 3.8) is 0 Å². The third-order valence-corrected chi connectivity index (χ3v) is 5.07. The molecule has 0 unspecified atom stereocenters. The fraction of sp³-hybridized carbons (Fsp3) is 0.500. The predicted molar refractivity (Wildman–Crippen MR) is 95.2 cm³/mol. The number of anilines is 1. The second kappa shape index (κ2) is 6.74. The molecule has 0 radical (unpaired) electrons. The first kappa shape index (κ1) is 15.9. The minimum Gasteiger partial charge on any atom is -0.325 e. The fourth-order valence-electron chi connectivity index (χ4n) is 3.70. The number of carbonyl (C=O) groups excluding carboxylic acids is 2. The molecular weight excluding hydrogens is 318 g/mol. The lowest BCUT2D eigenvalue weighted by Crippen LogP contribution is -2.48. The number of H-pyrrole nitrogens is 1. The van der Waals surface area contributed by atoms with Crippen LogP contribution in [0.4, 0.5) is 10.7 Å². The van der Waals surface area contributed by atoms with Crippen molar-refractivity contribution in [1.29, 1.82) is 0 Å². The molecule has 132 valence electrons. The molecular formula is C18H23N5O2. The number of nitrogens with one attached hydrogen (secondary N) is 2. The lowest BCUT2D eigenvalue weighted by molar-refractivity contribution is -0.121. The van der Waals surface area contributed by atoms with E-state index in [4.69, 9.17) is 0 Å². The van der Waals surface area contributed by atoms with Crippen LogP contribution in [0.25, 0.3) is 11.0 Å². The first-order valence-electron chi connectivity index (χ1n) is 9.00. The number of piperidine rings is 1. The van der Waals surface area contributed by atoms with Gasteiger partial charge < -0.3 is 14.8 Å². The third kappa shape index (κ3) is 3.31. The molecule has 1 atom stereocenters. The van der Waals surface area contributed by atoms with E-state index in [1.54, 1.807) is 0 Å². The van der Waals surface area contributed by atoms with Crippen molar-refractivity contribution in [3.05, 3.63) is 24.3 Å². The highest BCUT2D eigenvalue weighted by molar-refractivity contribution is 5.93. The van der Waals surface area contributed by atoms with Crippen molar-refractivity contribution in [2.45, 2.75) is 25.7 Å². The topological polar surface area (TPSA) is 81.3 Å². The summed E-state index contributed by atoms with van der Waals surface area (Å²) < 4.78 is 0. The van der Waals surface area contributed by atoms with Crippen LogP contribution in [0, 0.1) is 5.92 Å². The number of para-hydroxylation sites is 2. The predicted octanol–water partition coefficient (Wildman–Crippen LogP) is 2.43. The van der Waals surface area contributed by atoms with Crippen LogP contribution in [0.15, 0.2) is 24.3 Å². The number of aromatic amines is 1. The summed E-state index contributed by atoms with van der Waals surface area (Å²) in [6.07, 6.45) is 3.82. The van der Waals surface area contributed by atoms with Crippen molar-refractivity contribution in [1.82, 2.24) is 19.8 Å². The van der Waals surface area contributed by atoms with Gasteiger partial charge in [-0.05, 0) is 37.8 Å². The Hall–Kier alpha value is -2.57. The lowest BCUT2D eigenvalue weighted by atomic mass is 9.97. The molecule has 3 amide bonds. The molecule has 7 heteroatoms. The summed E-state index contributed by atoms with van der Waals surface area (Å²) in [7, 11) is 0. The number of fused-ring (bicyclic) bond motifs is 1. The maximum absolute atomic E-state index is 12.6. The smallest absolute Gasteiger partial charge is 0.320 e. The van der Waals surface area contributed by atoms with Gasteiger partial charge in [0, 0.05) is 26.2 Å². The Bertz CT molecular complexity index is 748. The van der Waals surface area contributed by atoms with E-state index in [0.717, 1.165) is 56.4 Å². The average molecular weight is 341 g/mol. The lowest BCUT2D eigenvalue weighted by Gasteiger charge is -2.34. The molecule has 2 aliphatic heterocycles. The molecule has 2 saturated heterocycles. The summed E-state index contributed by atoms with van der Waals surface area (Å²) in [5.41, 5.74) is 1.72. The van der Waals surface area contributed by atoms with Crippen LogP contribution < -0.4 is 5.32 Å². The molecule has 1 aromatic heterocycles. The van der Waals surface area contributed by atoms with Crippen molar-refractivity contribution in [2.24, 2.45) is 5.92 Å². The summed E-state index contributed by atoms with van der Waals surface area (Å²) >= 11 is 0. The molecule has 4 rings (SSSR count). The molecule has 0 saturated carbocycles. The summed E-state index contributed by atoms with van der Waals surface area (Å²) in [6, 6.07) is 7.75. The van der Waals surface area contributed by atoms with E-state index in [2.05, 4.69) is 15.3 Å². The van der Waals surface area contributed by atoms with Crippen molar-refractivity contribution in [3.8, 4) is 0 Å². The third-order valence-electron chi connectivity index (χ3n) is 5.07. The fourth-order valence-corrected chi connectivity index (χ4v) is 3.70. The van der Waals surface area contributed by atoms with Crippen LogP contribution in [0.1, 0.15) is 25.7 Å². The van der Waals surface area contributed by atoms with Crippen LogP contribution in [-0.2, 0) is 4.79 Å². The van der Waals surface area contributed by atoms with Crippen molar-refractivity contribution < 1.29 is 9.59 Å². The molecule has 2 aromatic rings. The van der Waals surface area contributed by atoms with Crippen LogP contribution in [0.5, 0.6) is 0 Å². The number of urea groups is 1. The van der Waals surface area contributed by atoms with Gasteiger partial charge >= 0.3 is 6.03 Å². The Morgan fingerprint density at radius 3 is 2.64 bits per heavy atom. The van der Waals surface area contributed by atoms with Gasteiger partial charge in [-0.15, -0.1) is 0 Å². The van der Waals surface area contributed by atoms with Gasteiger partial charge in [0.15, 0.2) is 0 Å². The van der Waals surface area contributed by atoms with Crippen molar-refractivity contribution in [2.75, 3.05) is 31.5 Å². The monoisotopic (exact) mass is 341 g/mol. The number of amides is 3. The normalized spacial score (nSPS) is 20.9. The highest BCUT2D eigenvalue weighted by Crippen LogP contribution is 2.21. The van der Waals surface area contributed by atoms with Gasteiger partial charge in [-0.25, -0.2) is 9.78 Å². The Labute approximate surface area is 146 Å². The molecule has 1 aromatic carbocycles. The standard InChI is InChI=1S/C18H23N5O2/c24-16(21-17-19-14-7-1-2-8-15(14)20-17)13-6-5-11-23(12-13)18(25)22-9-3-4-10-22/h1-2,7-8,13H,3-6,9-12H2,(H2,19,20,21,24)/t13-/m1/s1. The summed E-state index contributed by atoms with van der Waals surface area (Å²) in [4.78, 5) is 36.4. The summed E-state index contributed by atoms with van der Waals surface area (Å²) in [5.74, 6) is 0.209. The molecule has 2 aliphatic rings. The van der Waals surface area contributed by atoms with E-state index in [-0.39, 0.29) is 17.9 Å². The SMILES string of the molecule is O=C(Nc1nc2ccccc2[nH]1)[C@@H]1CCCN(C(=O)N2CCCC2)C1. The van der Waals surface area contributed by atoms with Gasteiger partial charge in [-0.1, -0.05) is 12.1 Å². The van der Waals surface area contributed by atoms with E-state index in [0.29, 0.717) is 12.5 Å². The Balaban J connectivity index is 1.40. The number of carbonyl (C=O) groups is 2. The number of nitrogens with zero attached hydrogens (tertiary/aromatic N) is 3. The largest absolute Gasteiger partial charge is 0.325 e. The number of hydrogen-bond acceptors (Lipinski definition) is 3. The molecule has 0 spiro atoms. The summed E-state index contributed by atoms with van der Waals surface area (Å²) in [5, 5.41) is 2.87. The molecule has 0 bridgehead atoms. The van der Waals surface area contributed by atoms with Gasteiger partial charge in [0.25, 0.3) is 0 Å². The number of imidazole rings is 1. The molecule has 2 fully saturated rings. The second-order valence-electron chi connectivity index (χ2n) is 6.85. The number of hydrogen-bond donors (Lipinski definition) is 2. The molecule has 3 heterocycles. The second-order valence-corrected chi connectivity index (χ2v) is 6.85. The van der Waals surface area contributed by atoms with Crippen molar-refractivity contribution >= 4 is 28.9 Å². The van der Waals surface area contributed by atoms with Gasteiger partial charge in [-0.3, -0.25) is 10.1 Å². The molecule has 7 nitrogen and oxygen atoms in total. The molecule has 0 aliphatic carbocycles. The Morgan fingerprint density at radius 1 is 1.08 bits per heavy atom. The quantitative estimate of drug-likeness (QED) is 0.880. The van der Waals surface area contributed by atoms with Crippen LogP contribution in [0.2, 0.25) is 0 Å². The first-order chi connectivity index (χ1) is 12.2. The van der Waals surface area contributed by atoms with E-state index < -0.39 is 0 Å². The molecule has 2 N–H and O–H groups in total. The van der Waals surface area contributed by atoms with Gasteiger partial charge in [0.2, 0.25) is 11.9 Å². The van der Waals surface area contributed by atoms with Crippen LogP contribution in [0.3, 0.4) is 0 Å². The highest BCUT2D eigenvalue weighted by Gasteiger charge is 2.31. The zero-order valence-electron chi connectivity index (χ0n) is 14.2. The van der Waals surface area contributed by atoms with E-state index in [1.165, 1.54) is 0 Å². The number of aromatic nitrogens is 2. The van der Waals surface area contributed by atoms with Crippen LogP contribution in [-0.4, -0.2) is 57.9 Å². The van der Waals surface area contributed by atoms with Gasteiger partial charge in [-0.2, -0.15) is 0 Å². The molecule has 25 heavy (non-hydrogen) atoms. The van der Waals surface area contributed by atoms with E-state index >= 15 is 0 Å². The zero-order valence-corrected chi connectivity index (χ0v) is 14.2. The number of likely N-dealkylation sites (tertiary alicyclic amines) is 2. The zero-order chi connectivity index (χ0) is 17.2. The highest BCUT2D eigenvalue weighted by atomic mass is 16.2. The number of benzene rings is 1. The first-order valence-corrected chi connectivity index (χ1v) is 9.00. The maximum Gasteiger partial charge on any atom is 0.320 e. The Morgan fingerprint density at radius 2 is 1.84 bits per heavy atom. The minimum atomic E-state index is -0.187. The maximum atomic E-state index is 12.6. The van der Waals surface area contributed by atoms with Gasteiger partial charge in [0.1, 0.15) is 0 Å². The Kier molecular flexibility index (Phi) is 4.29.